The number of esters is 1. The molecule has 0 spiro atoms. The first-order valence-electron chi connectivity index (χ1n) is 7.13. The molecule has 2 rings (SSSR count). The number of methoxy groups -OCH3 is 1. The quantitative estimate of drug-likeness (QED) is 0.436. The summed E-state index contributed by atoms with van der Waals surface area (Å²) >= 11 is 0. The fourth-order valence-corrected chi connectivity index (χ4v) is 2.01. The van der Waals surface area contributed by atoms with Crippen LogP contribution in [0.5, 0.6) is 11.6 Å². The lowest BCUT2D eigenvalue weighted by molar-refractivity contribution is -0.385. The first-order valence-corrected chi connectivity index (χ1v) is 7.13. The Morgan fingerprint density at radius 3 is 2.79 bits per heavy atom. The molecule has 1 aromatic heterocycles. The zero-order valence-electron chi connectivity index (χ0n) is 13.2. The number of nitro groups is 1. The van der Waals surface area contributed by atoms with Gasteiger partial charge < -0.3 is 14.2 Å². The van der Waals surface area contributed by atoms with Crippen LogP contribution in [0.2, 0.25) is 0 Å². The second-order valence-electron chi connectivity index (χ2n) is 4.62. The Bertz CT molecular complexity index is 747. The van der Waals surface area contributed by atoms with Crippen LogP contribution in [0, 0.1) is 10.1 Å². The summed E-state index contributed by atoms with van der Waals surface area (Å²) in [6, 6.07) is 7.20. The van der Waals surface area contributed by atoms with Gasteiger partial charge in [-0.15, -0.1) is 0 Å². The Morgan fingerprint density at radius 2 is 2.12 bits per heavy atom. The Labute approximate surface area is 138 Å². The van der Waals surface area contributed by atoms with E-state index in [1.807, 2.05) is 0 Å². The van der Waals surface area contributed by atoms with Crippen LogP contribution in [0.25, 0.3) is 0 Å². The highest BCUT2D eigenvalue weighted by Gasteiger charge is 2.17. The molecular formula is C16H16N2O6. The van der Waals surface area contributed by atoms with E-state index in [0.717, 1.165) is 0 Å². The van der Waals surface area contributed by atoms with Crippen LogP contribution >= 0.6 is 0 Å². The lowest BCUT2D eigenvalue weighted by Crippen LogP contribution is -2.09. The molecule has 0 bridgehead atoms. The maximum atomic E-state index is 12.2. The normalized spacial score (nSPS) is 10.1. The summed E-state index contributed by atoms with van der Waals surface area (Å²) in [7, 11) is 1.43. The summed E-state index contributed by atoms with van der Waals surface area (Å²) in [6.07, 6.45) is 1.51. The standard InChI is InChI=1S/C16H16N2O6/c1-3-23-15-13(5-4-8-17-15)16(19)24-10-11-9-12(18(20)21)6-7-14(11)22-2/h4-9H,3,10H2,1-2H3. The van der Waals surface area contributed by atoms with Crippen LogP contribution < -0.4 is 9.47 Å². The number of non-ortho nitro benzene ring substituents is 1. The van der Waals surface area contributed by atoms with Gasteiger partial charge in [-0.05, 0) is 25.1 Å². The van der Waals surface area contributed by atoms with Crippen molar-refractivity contribution in [3.63, 3.8) is 0 Å². The minimum absolute atomic E-state index is 0.113. The second-order valence-corrected chi connectivity index (χ2v) is 4.62. The van der Waals surface area contributed by atoms with Crippen molar-refractivity contribution in [2.45, 2.75) is 13.5 Å². The number of hydrogen-bond acceptors (Lipinski definition) is 7. The number of benzene rings is 1. The predicted molar refractivity (Wildman–Crippen MR) is 84.2 cm³/mol. The van der Waals surface area contributed by atoms with Crippen molar-refractivity contribution in [1.29, 1.82) is 0 Å². The number of nitrogens with zero attached hydrogens (tertiary/aromatic N) is 2. The van der Waals surface area contributed by atoms with Crippen LogP contribution in [0.4, 0.5) is 5.69 Å². The lowest BCUT2D eigenvalue weighted by Gasteiger charge is -2.11. The summed E-state index contributed by atoms with van der Waals surface area (Å²) in [5.74, 6) is -0.0688. The van der Waals surface area contributed by atoms with E-state index in [2.05, 4.69) is 4.98 Å². The molecule has 2 aromatic rings. The number of nitro benzene ring substituents is 1. The third-order valence-corrected chi connectivity index (χ3v) is 3.11. The lowest BCUT2D eigenvalue weighted by atomic mass is 10.2. The molecule has 24 heavy (non-hydrogen) atoms. The maximum absolute atomic E-state index is 12.2. The fourth-order valence-electron chi connectivity index (χ4n) is 2.01. The van der Waals surface area contributed by atoms with Gasteiger partial charge in [-0.3, -0.25) is 10.1 Å². The van der Waals surface area contributed by atoms with Crippen molar-refractivity contribution < 1.29 is 23.9 Å². The Balaban J connectivity index is 2.17. The van der Waals surface area contributed by atoms with E-state index in [1.54, 1.807) is 13.0 Å². The maximum Gasteiger partial charge on any atom is 0.343 e. The minimum Gasteiger partial charge on any atom is -0.496 e. The molecule has 0 radical (unpaired) electrons. The molecule has 0 aliphatic carbocycles. The average Bonchev–Trinajstić information content (AvgIpc) is 2.60. The van der Waals surface area contributed by atoms with Crippen molar-refractivity contribution >= 4 is 11.7 Å². The molecule has 0 aliphatic heterocycles. The molecule has 0 N–H and O–H groups in total. The van der Waals surface area contributed by atoms with Gasteiger partial charge in [0.25, 0.3) is 5.69 Å². The second kappa shape index (κ2) is 7.91. The van der Waals surface area contributed by atoms with Crippen LogP contribution in [-0.2, 0) is 11.3 Å². The molecule has 8 nitrogen and oxygen atoms in total. The van der Waals surface area contributed by atoms with E-state index >= 15 is 0 Å². The molecular weight excluding hydrogens is 316 g/mol. The Kier molecular flexibility index (Phi) is 5.67. The number of carbonyl (C=O) groups excluding carboxylic acids is 1. The van der Waals surface area contributed by atoms with Gasteiger partial charge in [0, 0.05) is 23.9 Å². The number of aromatic nitrogens is 1. The van der Waals surface area contributed by atoms with E-state index in [1.165, 1.54) is 37.6 Å². The highest BCUT2D eigenvalue weighted by Crippen LogP contribution is 2.25. The molecule has 126 valence electrons. The highest BCUT2D eigenvalue weighted by molar-refractivity contribution is 5.91. The summed E-state index contributed by atoms with van der Waals surface area (Å²) in [5, 5.41) is 10.9. The number of hydrogen-bond donors (Lipinski definition) is 0. The van der Waals surface area contributed by atoms with Crippen molar-refractivity contribution in [1.82, 2.24) is 4.98 Å². The van der Waals surface area contributed by atoms with E-state index in [9.17, 15) is 14.9 Å². The van der Waals surface area contributed by atoms with Crippen LogP contribution in [0.15, 0.2) is 36.5 Å². The van der Waals surface area contributed by atoms with Crippen molar-refractivity contribution in [3.8, 4) is 11.6 Å². The number of carbonyl (C=O) groups is 1. The van der Waals surface area contributed by atoms with Gasteiger partial charge in [-0.2, -0.15) is 0 Å². The predicted octanol–water partition coefficient (Wildman–Crippen LogP) is 2.75. The highest BCUT2D eigenvalue weighted by atomic mass is 16.6. The first-order chi connectivity index (χ1) is 11.6. The topological polar surface area (TPSA) is 101 Å². The van der Waals surface area contributed by atoms with Crippen LogP contribution in [0.1, 0.15) is 22.8 Å². The minimum atomic E-state index is -0.639. The van der Waals surface area contributed by atoms with Crippen molar-refractivity contribution in [3.05, 3.63) is 57.8 Å². The molecule has 0 saturated carbocycles. The SMILES string of the molecule is CCOc1ncccc1C(=O)OCc1cc([N+](=O)[O-])ccc1OC. The summed E-state index contributed by atoms with van der Waals surface area (Å²) in [4.78, 5) is 26.5. The Hall–Kier alpha value is -3.16. The number of rotatable bonds is 7. The smallest absolute Gasteiger partial charge is 0.343 e. The molecule has 0 atom stereocenters. The fraction of sp³-hybridized carbons (Fsp3) is 0.250. The third-order valence-electron chi connectivity index (χ3n) is 3.11. The molecule has 1 heterocycles. The molecule has 0 fully saturated rings. The summed E-state index contributed by atoms with van der Waals surface area (Å²) in [6.45, 7) is 1.96. The molecule has 1 aromatic carbocycles. The van der Waals surface area contributed by atoms with Gasteiger partial charge in [0.05, 0.1) is 18.6 Å². The average molecular weight is 332 g/mol. The van der Waals surface area contributed by atoms with E-state index in [-0.39, 0.29) is 23.7 Å². The van der Waals surface area contributed by atoms with Gasteiger partial charge in [-0.25, -0.2) is 9.78 Å². The van der Waals surface area contributed by atoms with E-state index < -0.39 is 10.9 Å². The first kappa shape index (κ1) is 17.2. The zero-order chi connectivity index (χ0) is 17.5. The van der Waals surface area contributed by atoms with E-state index in [0.29, 0.717) is 17.9 Å². The van der Waals surface area contributed by atoms with Crippen LogP contribution in [0.3, 0.4) is 0 Å². The summed E-state index contributed by atoms with van der Waals surface area (Å²) in [5.41, 5.74) is 0.462. The molecule has 8 heteroatoms. The zero-order valence-corrected chi connectivity index (χ0v) is 13.2. The number of ether oxygens (including phenoxy) is 3. The van der Waals surface area contributed by atoms with Gasteiger partial charge in [0.2, 0.25) is 5.88 Å². The molecule has 0 unspecified atom stereocenters. The summed E-state index contributed by atoms with van der Waals surface area (Å²) < 4.78 is 15.6. The van der Waals surface area contributed by atoms with Gasteiger partial charge in [0.15, 0.2) is 0 Å². The molecule has 0 aliphatic rings. The van der Waals surface area contributed by atoms with Crippen molar-refractivity contribution in [2.75, 3.05) is 13.7 Å². The van der Waals surface area contributed by atoms with Gasteiger partial charge >= 0.3 is 5.97 Å². The van der Waals surface area contributed by atoms with Crippen molar-refractivity contribution in [2.24, 2.45) is 0 Å². The molecule has 0 amide bonds. The van der Waals surface area contributed by atoms with E-state index in [4.69, 9.17) is 14.2 Å². The number of pyridine rings is 1. The third kappa shape index (κ3) is 3.97. The molecule has 0 saturated heterocycles. The monoisotopic (exact) mass is 332 g/mol. The largest absolute Gasteiger partial charge is 0.496 e. The Morgan fingerprint density at radius 1 is 1.33 bits per heavy atom. The van der Waals surface area contributed by atoms with Crippen LogP contribution in [-0.4, -0.2) is 29.6 Å². The van der Waals surface area contributed by atoms with Gasteiger partial charge in [0.1, 0.15) is 17.9 Å². The van der Waals surface area contributed by atoms with Gasteiger partial charge in [-0.1, -0.05) is 0 Å².